The van der Waals surface area contributed by atoms with Crippen LogP contribution in [0.25, 0.3) is 17.3 Å². The Labute approximate surface area is 158 Å². The second-order valence-corrected chi connectivity index (χ2v) is 6.47. The molecule has 1 heterocycles. The normalized spacial score (nSPS) is 11.3. The molecule has 5 nitrogen and oxygen atoms in total. The van der Waals surface area contributed by atoms with E-state index in [1.165, 1.54) is 6.07 Å². The number of hydrogen-bond acceptors (Lipinski definition) is 3. The standard InChI is InChI=1S/C22H19N3O2/c1-15-7-9-18(10-8-15)20(14-23)12-19-11-16(2)24(17(19)3)21-5-4-6-22(13-21)25(26)27/h4-13H,1-3H3/b20-12-. The van der Waals surface area contributed by atoms with Gasteiger partial charge in [0, 0.05) is 23.5 Å². The summed E-state index contributed by atoms with van der Waals surface area (Å²) in [4.78, 5) is 10.7. The Kier molecular flexibility index (Phi) is 4.91. The maximum absolute atomic E-state index is 11.1. The van der Waals surface area contributed by atoms with Gasteiger partial charge in [-0.05, 0) is 50.1 Å². The van der Waals surface area contributed by atoms with Gasteiger partial charge in [-0.25, -0.2) is 0 Å². The molecule has 0 radical (unpaired) electrons. The number of aromatic nitrogens is 1. The van der Waals surface area contributed by atoms with E-state index in [1.807, 2.05) is 67.8 Å². The lowest BCUT2D eigenvalue weighted by Crippen LogP contribution is -2.00. The quantitative estimate of drug-likeness (QED) is 0.358. The summed E-state index contributed by atoms with van der Waals surface area (Å²) in [7, 11) is 0. The van der Waals surface area contributed by atoms with E-state index in [-0.39, 0.29) is 5.69 Å². The van der Waals surface area contributed by atoms with Crippen molar-refractivity contribution in [2.45, 2.75) is 20.8 Å². The van der Waals surface area contributed by atoms with Crippen molar-refractivity contribution in [3.63, 3.8) is 0 Å². The average Bonchev–Trinajstić information content (AvgIpc) is 2.94. The van der Waals surface area contributed by atoms with Crippen molar-refractivity contribution >= 4 is 17.3 Å². The minimum atomic E-state index is -0.399. The van der Waals surface area contributed by atoms with Gasteiger partial charge in [-0.15, -0.1) is 0 Å². The molecule has 0 spiro atoms. The van der Waals surface area contributed by atoms with E-state index >= 15 is 0 Å². The summed E-state index contributed by atoms with van der Waals surface area (Å²) in [5.41, 5.74) is 6.14. The molecule has 1 aromatic heterocycles. The molecule has 0 amide bonds. The van der Waals surface area contributed by atoms with Gasteiger partial charge < -0.3 is 4.57 Å². The maximum Gasteiger partial charge on any atom is 0.271 e. The summed E-state index contributed by atoms with van der Waals surface area (Å²) in [6, 6.07) is 18.6. The number of nitrogens with zero attached hydrogens (tertiary/aromatic N) is 3. The van der Waals surface area contributed by atoms with Crippen molar-refractivity contribution in [3.8, 4) is 11.8 Å². The second kappa shape index (κ2) is 7.30. The van der Waals surface area contributed by atoms with Crippen LogP contribution in [0.4, 0.5) is 5.69 Å². The van der Waals surface area contributed by atoms with E-state index in [9.17, 15) is 15.4 Å². The van der Waals surface area contributed by atoms with Crippen LogP contribution in [-0.2, 0) is 0 Å². The highest BCUT2D eigenvalue weighted by molar-refractivity contribution is 5.90. The van der Waals surface area contributed by atoms with E-state index in [0.29, 0.717) is 5.57 Å². The van der Waals surface area contributed by atoms with Crippen molar-refractivity contribution < 1.29 is 4.92 Å². The molecule has 0 saturated heterocycles. The summed E-state index contributed by atoms with van der Waals surface area (Å²) in [6.07, 6.45) is 1.86. The zero-order valence-electron chi connectivity index (χ0n) is 15.4. The van der Waals surface area contributed by atoms with Gasteiger partial charge in [0.2, 0.25) is 0 Å². The van der Waals surface area contributed by atoms with Crippen LogP contribution in [0.1, 0.15) is 28.1 Å². The number of aryl methyl sites for hydroxylation is 2. The lowest BCUT2D eigenvalue weighted by atomic mass is 10.0. The highest BCUT2D eigenvalue weighted by Crippen LogP contribution is 2.27. The molecule has 0 aliphatic carbocycles. The van der Waals surface area contributed by atoms with Gasteiger partial charge in [0.05, 0.1) is 22.3 Å². The molecule has 2 aromatic carbocycles. The minimum absolute atomic E-state index is 0.0504. The average molecular weight is 357 g/mol. The highest BCUT2D eigenvalue weighted by Gasteiger charge is 2.13. The largest absolute Gasteiger partial charge is 0.318 e. The first-order valence-corrected chi connectivity index (χ1v) is 8.53. The van der Waals surface area contributed by atoms with E-state index in [1.54, 1.807) is 12.1 Å². The Hall–Kier alpha value is -3.65. The van der Waals surface area contributed by atoms with Gasteiger partial charge in [0.1, 0.15) is 0 Å². The number of hydrogen-bond donors (Lipinski definition) is 0. The third-order valence-electron chi connectivity index (χ3n) is 4.55. The summed E-state index contributed by atoms with van der Waals surface area (Å²) in [5, 5.41) is 20.7. The molecule has 5 heteroatoms. The van der Waals surface area contributed by atoms with Crippen LogP contribution in [0.5, 0.6) is 0 Å². The SMILES string of the molecule is Cc1ccc(/C(C#N)=C\c2cc(C)n(-c3cccc([N+](=O)[O-])c3)c2C)cc1. The maximum atomic E-state index is 11.1. The first kappa shape index (κ1) is 18.2. The Morgan fingerprint density at radius 3 is 2.44 bits per heavy atom. The summed E-state index contributed by atoms with van der Waals surface area (Å²) < 4.78 is 1.96. The molecular formula is C22H19N3O2. The third-order valence-corrected chi connectivity index (χ3v) is 4.55. The van der Waals surface area contributed by atoms with Gasteiger partial charge in [-0.2, -0.15) is 5.26 Å². The summed E-state index contributed by atoms with van der Waals surface area (Å²) in [6.45, 7) is 5.90. The molecule has 0 saturated carbocycles. The van der Waals surface area contributed by atoms with Crippen molar-refractivity contribution in [2.75, 3.05) is 0 Å². The van der Waals surface area contributed by atoms with Gasteiger partial charge in [0.25, 0.3) is 5.69 Å². The topological polar surface area (TPSA) is 71.9 Å². The summed E-state index contributed by atoms with van der Waals surface area (Å²) >= 11 is 0. The number of benzene rings is 2. The molecule has 0 aliphatic heterocycles. The first-order chi connectivity index (χ1) is 12.9. The lowest BCUT2D eigenvalue weighted by molar-refractivity contribution is -0.384. The first-order valence-electron chi connectivity index (χ1n) is 8.53. The summed E-state index contributed by atoms with van der Waals surface area (Å²) in [5.74, 6) is 0. The molecule has 3 rings (SSSR count). The minimum Gasteiger partial charge on any atom is -0.318 e. The van der Waals surface area contributed by atoms with Crippen molar-refractivity contribution in [3.05, 3.63) is 92.8 Å². The van der Waals surface area contributed by atoms with Crippen LogP contribution in [-0.4, -0.2) is 9.49 Å². The Morgan fingerprint density at radius 2 is 1.81 bits per heavy atom. The number of non-ortho nitro benzene ring substituents is 1. The fourth-order valence-electron chi connectivity index (χ4n) is 3.15. The van der Waals surface area contributed by atoms with E-state index in [4.69, 9.17) is 0 Å². The number of allylic oxidation sites excluding steroid dienone is 1. The zero-order chi connectivity index (χ0) is 19.6. The molecule has 0 atom stereocenters. The fourth-order valence-corrected chi connectivity index (χ4v) is 3.15. The van der Waals surface area contributed by atoms with E-state index < -0.39 is 4.92 Å². The van der Waals surface area contributed by atoms with Crippen LogP contribution in [0, 0.1) is 42.2 Å². The smallest absolute Gasteiger partial charge is 0.271 e. The monoisotopic (exact) mass is 357 g/mol. The van der Waals surface area contributed by atoms with E-state index in [0.717, 1.165) is 33.8 Å². The van der Waals surface area contributed by atoms with E-state index in [2.05, 4.69) is 6.07 Å². The Balaban J connectivity index is 2.08. The van der Waals surface area contributed by atoms with Crippen molar-refractivity contribution in [2.24, 2.45) is 0 Å². The number of nitriles is 1. The molecule has 0 fully saturated rings. The van der Waals surface area contributed by atoms with Crippen molar-refractivity contribution in [1.82, 2.24) is 4.57 Å². The number of nitro benzene ring substituents is 1. The van der Waals surface area contributed by atoms with Crippen LogP contribution in [0.15, 0.2) is 54.6 Å². The van der Waals surface area contributed by atoms with Crippen molar-refractivity contribution in [1.29, 1.82) is 5.26 Å². The molecule has 0 N–H and O–H groups in total. The molecule has 0 aliphatic rings. The lowest BCUT2D eigenvalue weighted by Gasteiger charge is -2.09. The molecule has 134 valence electrons. The van der Waals surface area contributed by atoms with Crippen LogP contribution >= 0.6 is 0 Å². The van der Waals surface area contributed by atoms with Crippen LogP contribution in [0.3, 0.4) is 0 Å². The Bertz CT molecular complexity index is 1080. The highest BCUT2D eigenvalue weighted by atomic mass is 16.6. The Morgan fingerprint density at radius 1 is 1.11 bits per heavy atom. The third kappa shape index (κ3) is 3.65. The molecule has 0 unspecified atom stereocenters. The predicted molar refractivity (Wildman–Crippen MR) is 107 cm³/mol. The number of nitro groups is 1. The molecule has 0 bridgehead atoms. The van der Waals surface area contributed by atoms with Crippen LogP contribution < -0.4 is 0 Å². The fraction of sp³-hybridized carbons (Fsp3) is 0.136. The molecule has 27 heavy (non-hydrogen) atoms. The van der Waals surface area contributed by atoms with Crippen LogP contribution in [0.2, 0.25) is 0 Å². The molecular weight excluding hydrogens is 338 g/mol. The second-order valence-electron chi connectivity index (χ2n) is 6.47. The van der Waals surface area contributed by atoms with Gasteiger partial charge in [0.15, 0.2) is 0 Å². The number of rotatable bonds is 4. The molecule has 3 aromatic rings. The predicted octanol–water partition coefficient (Wildman–Crippen LogP) is 5.37. The van der Waals surface area contributed by atoms with Gasteiger partial charge in [-0.1, -0.05) is 35.9 Å². The zero-order valence-corrected chi connectivity index (χ0v) is 15.4. The van der Waals surface area contributed by atoms with Gasteiger partial charge >= 0.3 is 0 Å². The van der Waals surface area contributed by atoms with Gasteiger partial charge in [-0.3, -0.25) is 10.1 Å².